The van der Waals surface area contributed by atoms with E-state index in [0.717, 1.165) is 46.7 Å². The Morgan fingerprint density at radius 1 is 1.21 bits per heavy atom. The molecule has 1 aromatic carbocycles. The van der Waals surface area contributed by atoms with Crippen LogP contribution in [0, 0.1) is 5.92 Å². The molecule has 0 spiro atoms. The van der Waals surface area contributed by atoms with Crippen LogP contribution < -0.4 is 5.32 Å². The highest BCUT2D eigenvalue weighted by Gasteiger charge is 2.31. The number of carbonyl (C=O) groups is 1. The average Bonchev–Trinajstić information content (AvgIpc) is 3.34. The summed E-state index contributed by atoms with van der Waals surface area (Å²) >= 11 is 1.50. The first kappa shape index (κ1) is 18.7. The largest absolute Gasteiger partial charge is 0.360 e. The number of nitrogens with zero attached hydrogens (tertiary/aromatic N) is 3. The molecule has 0 aliphatic heterocycles. The third kappa shape index (κ3) is 3.80. The molecule has 2 aromatic heterocycles. The molecule has 1 amide bonds. The Bertz CT molecular complexity index is 1020. The molecule has 29 heavy (non-hydrogen) atoms. The van der Waals surface area contributed by atoms with E-state index in [1.54, 1.807) is 0 Å². The minimum Gasteiger partial charge on any atom is -0.360 e. The highest BCUT2D eigenvalue weighted by Crippen LogP contribution is 2.42. The summed E-state index contributed by atoms with van der Waals surface area (Å²) in [4.78, 5) is 15.9. The standard InChI is InChI=1S/C22H27N5OS/c1-14-6-2-4-8-18(14)24-20(28)13-29-22-26-25-21(27(22)15-10-11-15)17-12-23-19-9-5-3-7-16(17)19/h3,5,7,9,12,14-15,18,23H,2,4,6,8,10-11,13H2,1H3,(H,24,28)/t14-,18-/m0/s1. The lowest BCUT2D eigenvalue weighted by Crippen LogP contribution is -2.41. The SMILES string of the molecule is C[C@H]1CCCC[C@@H]1NC(=O)CSc1nnc(-c2c[nH]c3ccccc23)n1C1CC1. The number of aromatic nitrogens is 4. The van der Waals surface area contributed by atoms with Gasteiger partial charge in [0, 0.05) is 34.7 Å². The number of benzene rings is 1. The number of nitrogens with one attached hydrogen (secondary N) is 2. The van der Waals surface area contributed by atoms with Gasteiger partial charge in [-0.3, -0.25) is 9.36 Å². The van der Waals surface area contributed by atoms with E-state index >= 15 is 0 Å². The van der Waals surface area contributed by atoms with E-state index < -0.39 is 0 Å². The maximum Gasteiger partial charge on any atom is 0.230 e. The Morgan fingerprint density at radius 3 is 2.86 bits per heavy atom. The maximum absolute atomic E-state index is 12.5. The van der Waals surface area contributed by atoms with Crippen molar-refractivity contribution in [2.75, 3.05) is 5.75 Å². The molecular weight excluding hydrogens is 382 g/mol. The first-order chi connectivity index (χ1) is 14.2. The minimum atomic E-state index is 0.104. The first-order valence-electron chi connectivity index (χ1n) is 10.6. The second-order valence-corrected chi connectivity index (χ2v) is 9.32. The fraction of sp³-hybridized carbons (Fsp3) is 0.500. The fourth-order valence-corrected chi connectivity index (χ4v) is 5.20. The highest BCUT2D eigenvalue weighted by atomic mass is 32.2. The topological polar surface area (TPSA) is 75.6 Å². The summed E-state index contributed by atoms with van der Waals surface area (Å²) in [6.07, 6.45) is 9.11. The molecule has 3 aromatic rings. The van der Waals surface area contributed by atoms with E-state index in [0.29, 0.717) is 23.8 Å². The van der Waals surface area contributed by atoms with Gasteiger partial charge in [-0.2, -0.15) is 0 Å². The molecule has 5 rings (SSSR count). The van der Waals surface area contributed by atoms with Gasteiger partial charge in [0.1, 0.15) is 0 Å². The smallest absolute Gasteiger partial charge is 0.230 e. The van der Waals surface area contributed by atoms with Crippen molar-refractivity contribution >= 4 is 28.6 Å². The second kappa shape index (κ2) is 7.86. The molecule has 152 valence electrons. The predicted octanol–water partition coefficient (Wildman–Crippen LogP) is 4.55. The van der Waals surface area contributed by atoms with Crippen molar-refractivity contribution in [2.45, 2.75) is 62.7 Å². The van der Waals surface area contributed by atoms with Crippen LogP contribution in [0.1, 0.15) is 51.5 Å². The van der Waals surface area contributed by atoms with Crippen molar-refractivity contribution in [3.63, 3.8) is 0 Å². The molecule has 6 nitrogen and oxygen atoms in total. The number of H-pyrrole nitrogens is 1. The van der Waals surface area contributed by atoms with E-state index in [1.165, 1.54) is 31.0 Å². The zero-order valence-corrected chi connectivity index (χ0v) is 17.5. The van der Waals surface area contributed by atoms with Crippen LogP contribution in [0.25, 0.3) is 22.3 Å². The van der Waals surface area contributed by atoms with Gasteiger partial charge >= 0.3 is 0 Å². The molecule has 0 saturated heterocycles. The van der Waals surface area contributed by atoms with Crippen LogP contribution >= 0.6 is 11.8 Å². The summed E-state index contributed by atoms with van der Waals surface area (Å²) in [5.74, 6) is 1.96. The van der Waals surface area contributed by atoms with Gasteiger partial charge < -0.3 is 10.3 Å². The number of thioether (sulfide) groups is 1. The van der Waals surface area contributed by atoms with Gasteiger partial charge in [-0.25, -0.2) is 0 Å². The van der Waals surface area contributed by atoms with Crippen molar-refractivity contribution in [3.05, 3.63) is 30.5 Å². The Balaban J connectivity index is 1.33. The number of aromatic amines is 1. The normalized spacial score (nSPS) is 22.1. The van der Waals surface area contributed by atoms with Crippen molar-refractivity contribution in [1.82, 2.24) is 25.1 Å². The number of carbonyl (C=O) groups excluding carboxylic acids is 1. The molecule has 2 fully saturated rings. The number of rotatable bonds is 6. The van der Waals surface area contributed by atoms with Gasteiger partial charge in [0.05, 0.1) is 5.75 Å². The lowest BCUT2D eigenvalue weighted by molar-refractivity contribution is -0.119. The zero-order chi connectivity index (χ0) is 19.8. The average molecular weight is 410 g/mol. The Kier molecular flexibility index (Phi) is 5.08. The molecule has 0 bridgehead atoms. The van der Waals surface area contributed by atoms with E-state index in [4.69, 9.17) is 0 Å². The van der Waals surface area contributed by atoms with Gasteiger partial charge in [0.2, 0.25) is 5.91 Å². The quantitative estimate of drug-likeness (QED) is 0.586. The van der Waals surface area contributed by atoms with Gasteiger partial charge in [0.25, 0.3) is 0 Å². The van der Waals surface area contributed by atoms with Gasteiger partial charge in [-0.15, -0.1) is 10.2 Å². The molecule has 2 atom stereocenters. The molecule has 2 N–H and O–H groups in total. The van der Waals surface area contributed by atoms with Gasteiger partial charge in [-0.05, 0) is 37.7 Å². The second-order valence-electron chi connectivity index (χ2n) is 8.38. The maximum atomic E-state index is 12.5. The van der Waals surface area contributed by atoms with Crippen molar-refractivity contribution in [1.29, 1.82) is 0 Å². The van der Waals surface area contributed by atoms with Crippen LogP contribution in [0.15, 0.2) is 35.6 Å². The molecule has 0 unspecified atom stereocenters. The molecule has 7 heteroatoms. The molecule has 2 heterocycles. The fourth-order valence-electron chi connectivity index (χ4n) is 4.39. The lowest BCUT2D eigenvalue weighted by atomic mass is 9.86. The number of amides is 1. The van der Waals surface area contributed by atoms with Gasteiger partial charge in [0.15, 0.2) is 11.0 Å². The number of fused-ring (bicyclic) bond motifs is 1. The first-order valence-corrected chi connectivity index (χ1v) is 11.6. The highest BCUT2D eigenvalue weighted by molar-refractivity contribution is 7.99. The number of para-hydroxylation sites is 1. The van der Waals surface area contributed by atoms with Crippen LogP contribution in [-0.4, -0.2) is 37.5 Å². The zero-order valence-electron chi connectivity index (χ0n) is 16.7. The van der Waals surface area contributed by atoms with E-state index in [9.17, 15) is 4.79 Å². The van der Waals surface area contributed by atoms with Gasteiger partial charge in [-0.1, -0.05) is 49.7 Å². The predicted molar refractivity (Wildman–Crippen MR) is 116 cm³/mol. The summed E-state index contributed by atoms with van der Waals surface area (Å²) in [6, 6.07) is 9.02. The van der Waals surface area contributed by atoms with Crippen LogP contribution in [0.5, 0.6) is 0 Å². The Hall–Kier alpha value is -2.28. The van der Waals surface area contributed by atoms with Crippen LogP contribution in [0.2, 0.25) is 0 Å². The Morgan fingerprint density at radius 2 is 2.03 bits per heavy atom. The van der Waals surface area contributed by atoms with Crippen molar-refractivity contribution < 1.29 is 4.79 Å². The van der Waals surface area contributed by atoms with E-state index in [2.05, 4.69) is 44.1 Å². The summed E-state index contributed by atoms with van der Waals surface area (Å²) in [5.41, 5.74) is 2.18. The summed E-state index contributed by atoms with van der Waals surface area (Å²) in [7, 11) is 0. The summed E-state index contributed by atoms with van der Waals surface area (Å²) in [5, 5.41) is 14.2. The Labute approximate surface area is 174 Å². The molecule has 0 radical (unpaired) electrons. The molecular formula is C22H27N5OS. The number of hydrogen-bond acceptors (Lipinski definition) is 4. The van der Waals surface area contributed by atoms with E-state index in [-0.39, 0.29) is 5.91 Å². The van der Waals surface area contributed by atoms with Crippen LogP contribution in [0.4, 0.5) is 0 Å². The van der Waals surface area contributed by atoms with Crippen molar-refractivity contribution in [2.24, 2.45) is 5.92 Å². The van der Waals surface area contributed by atoms with E-state index in [1.807, 2.05) is 18.3 Å². The summed E-state index contributed by atoms with van der Waals surface area (Å²) in [6.45, 7) is 2.24. The molecule has 2 saturated carbocycles. The van der Waals surface area contributed by atoms with Crippen LogP contribution in [0.3, 0.4) is 0 Å². The third-order valence-electron chi connectivity index (χ3n) is 6.20. The van der Waals surface area contributed by atoms with Crippen LogP contribution in [-0.2, 0) is 4.79 Å². The number of hydrogen-bond donors (Lipinski definition) is 2. The minimum absolute atomic E-state index is 0.104. The lowest BCUT2D eigenvalue weighted by Gasteiger charge is -2.29. The monoisotopic (exact) mass is 409 g/mol. The van der Waals surface area contributed by atoms with Crippen molar-refractivity contribution in [3.8, 4) is 11.4 Å². The third-order valence-corrected chi connectivity index (χ3v) is 7.14. The summed E-state index contributed by atoms with van der Waals surface area (Å²) < 4.78 is 2.23. The molecule has 2 aliphatic rings. The molecule has 2 aliphatic carbocycles.